The van der Waals surface area contributed by atoms with Gasteiger partial charge >= 0.3 is 5.97 Å². The number of halogens is 2. The van der Waals surface area contributed by atoms with E-state index in [0.29, 0.717) is 4.47 Å². The Labute approximate surface area is 128 Å². The zero-order valence-electron chi connectivity index (χ0n) is 10.9. The number of carbonyl (C=O) groups is 1. The lowest BCUT2D eigenvalue weighted by molar-refractivity contribution is -0.138. The van der Waals surface area contributed by atoms with Crippen molar-refractivity contribution in [1.82, 2.24) is 20.2 Å². The number of aliphatic carboxylic acids is 1. The molecule has 8 heteroatoms. The van der Waals surface area contributed by atoms with Gasteiger partial charge in [0.15, 0.2) is 5.82 Å². The van der Waals surface area contributed by atoms with E-state index in [1.165, 1.54) is 10.7 Å². The molecular formula is C13H12BrFN4O2. The Hall–Kier alpha value is -1.83. The molecule has 110 valence electrons. The zero-order valence-corrected chi connectivity index (χ0v) is 12.5. The molecule has 3 rings (SSSR count). The van der Waals surface area contributed by atoms with Crippen LogP contribution in [0.2, 0.25) is 0 Å². The maximum absolute atomic E-state index is 14.1. The molecule has 1 fully saturated rings. The summed E-state index contributed by atoms with van der Waals surface area (Å²) in [5.74, 6) is -0.866. The summed E-state index contributed by atoms with van der Waals surface area (Å²) in [6.45, 7) is 0. The minimum atomic E-state index is -0.912. The van der Waals surface area contributed by atoms with Crippen molar-refractivity contribution in [1.29, 1.82) is 0 Å². The third kappa shape index (κ3) is 2.94. The smallest absolute Gasteiger partial charge is 0.305 e. The molecule has 1 N–H and O–H groups in total. The van der Waals surface area contributed by atoms with Crippen molar-refractivity contribution in [3.05, 3.63) is 28.5 Å². The standard InChI is InChI=1S/C13H12BrFN4O2/c14-8-3-4-9(10(15)5-8)13-16-17-18-19(13)11(6-12(20)21)7-1-2-7/h3-5,7,11H,1-2,6H2,(H,20,21). The molecule has 1 aromatic heterocycles. The Morgan fingerprint density at radius 2 is 2.29 bits per heavy atom. The second-order valence-electron chi connectivity index (χ2n) is 5.07. The van der Waals surface area contributed by atoms with Crippen LogP contribution in [-0.4, -0.2) is 31.3 Å². The van der Waals surface area contributed by atoms with E-state index in [4.69, 9.17) is 5.11 Å². The Morgan fingerprint density at radius 3 is 2.90 bits per heavy atom. The van der Waals surface area contributed by atoms with Gasteiger partial charge in [-0.05, 0) is 47.4 Å². The maximum Gasteiger partial charge on any atom is 0.305 e. The van der Waals surface area contributed by atoms with Gasteiger partial charge in [-0.3, -0.25) is 4.79 Å². The SMILES string of the molecule is O=C(O)CC(C1CC1)n1nnnc1-c1ccc(Br)cc1F. The lowest BCUT2D eigenvalue weighted by Gasteiger charge is -2.16. The Morgan fingerprint density at radius 1 is 1.52 bits per heavy atom. The van der Waals surface area contributed by atoms with Crippen LogP contribution < -0.4 is 0 Å². The predicted octanol–water partition coefficient (Wildman–Crippen LogP) is 2.67. The highest BCUT2D eigenvalue weighted by Crippen LogP contribution is 2.42. The Bertz CT molecular complexity index is 687. The van der Waals surface area contributed by atoms with E-state index in [-0.39, 0.29) is 29.8 Å². The molecule has 21 heavy (non-hydrogen) atoms. The Balaban J connectivity index is 2.01. The van der Waals surface area contributed by atoms with Gasteiger partial charge in [0.25, 0.3) is 0 Å². The van der Waals surface area contributed by atoms with E-state index in [9.17, 15) is 9.18 Å². The van der Waals surface area contributed by atoms with Crippen LogP contribution in [-0.2, 0) is 4.79 Å². The van der Waals surface area contributed by atoms with Gasteiger partial charge < -0.3 is 5.11 Å². The van der Waals surface area contributed by atoms with Gasteiger partial charge in [0, 0.05) is 4.47 Å². The molecular weight excluding hydrogens is 343 g/mol. The number of hydrogen-bond donors (Lipinski definition) is 1. The number of aromatic nitrogens is 4. The predicted molar refractivity (Wildman–Crippen MR) is 74.9 cm³/mol. The second-order valence-corrected chi connectivity index (χ2v) is 5.99. The van der Waals surface area contributed by atoms with Gasteiger partial charge in [-0.1, -0.05) is 15.9 Å². The first-order valence-corrected chi connectivity index (χ1v) is 7.30. The van der Waals surface area contributed by atoms with Gasteiger partial charge in [0.2, 0.25) is 0 Å². The minimum Gasteiger partial charge on any atom is -0.481 e. The number of nitrogens with zero attached hydrogens (tertiary/aromatic N) is 4. The highest BCUT2D eigenvalue weighted by Gasteiger charge is 2.36. The van der Waals surface area contributed by atoms with E-state index in [0.717, 1.165) is 12.8 Å². The first kappa shape index (κ1) is 14.1. The Kier molecular flexibility index (Phi) is 3.71. The average Bonchev–Trinajstić information content (AvgIpc) is 3.14. The zero-order chi connectivity index (χ0) is 15.0. The summed E-state index contributed by atoms with van der Waals surface area (Å²) in [6.07, 6.45) is 1.82. The van der Waals surface area contributed by atoms with Crippen LogP contribution in [0.4, 0.5) is 4.39 Å². The molecule has 0 spiro atoms. The first-order chi connectivity index (χ1) is 10.1. The molecule has 1 unspecified atom stereocenters. The number of carboxylic acids is 1. The summed E-state index contributed by atoms with van der Waals surface area (Å²) < 4.78 is 16.1. The molecule has 0 bridgehead atoms. The lowest BCUT2D eigenvalue weighted by atomic mass is 10.1. The van der Waals surface area contributed by atoms with Gasteiger partial charge in [0.1, 0.15) is 5.82 Å². The summed E-state index contributed by atoms with van der Waals surface area (Å²) in [4.78, 5) is 11.0. The van der Waals surface area contributed by atoms with Crippen molar-refractivity contribution in [2.75, 3.05) is 0 Å². The molecule has 0 saturated heterocycles. The van der Waals surface area contributed by atoms with Crippen LogP contribution in [0.3, 0.4) is 0 Å². The molecule has 2 aromatic rings. The van der Waals surface area contributed by atoms with Crippen molar-refractivity contribution in [2.45, 2.75) is 25.3 Å². The molecule has 1 aliphatic carbocycles. The number of rotatable bonds is 5. The summed E-state index contributed by atoms with van der Waals surface area (Å²) in [7, 11) is 0. The minimum absolute atomic E-state index is 0.0686. The third-order valence-corrected chi connectivity index (χ3v) is 4.02. The van der Waals surface area contributed by atoms with E-state index in [2.05, 4.69) is 31.5 Å². The van der Waals surface area contributed by atoms with Crippen LogP contribution in [0.1, 0.15) is 25.3 Å². The number of benzene rings is 1. The monoisotopic (exact) mass is 354 g/mol. The van der Waals surface area contributed by atoms with Crippen molar-refractivity contribution in [3.8, 4) is 11.4 Å². The molecule has 1 saturated carbocycles. The van der Waals surface area contributed by atoms with E-state index < -0.39 is 11.8 Å². The van der Waals surface area contributed by atoms with Gasteiger partial charge in [-0.15, -0.1) is 5.10 Å². The summed E-state index contributed by atoms with van der Waals surface area (Å²) in [5.41, 5.74) is 0.263. The molecule has 6 nitrogen and oxygen atoms in total. The molecule has 1 atom stereocenters. The van der Waals surface area contributed by atoms with Crippen molar-refractivity contribution in [3.63, 3.8) is 0 Å². The summed E-state index contributed by atoms with van der Waals surface area (Å²) >= 11 is 3.20. The fourth-order valence-electron chi connectivity index (χ4n) is 2.38. The fourth-order valence-corrected chi connectivity index (χ4v) is 2.71. The molecule has 0 radical (unpaired) electrons. The number of hydrogen-bond acceptors (Lipinski definition) is 4. The third-order valence-electron chi connectivity index (χ3n) is 3.53. The number of tetrazole rings is 1. The summed E-state index contributed by atoms with van der Waals surface area (Å²) in [5, 5.41) is 20.4. The van der Waals surface area contributed by atoms with Crippen LogP contribution in [0, 0.1) is 11.7 Å². The molecule has 1 aromatic carbocycles. The fraction of sp³-hybridized carbons (Fsp3) is 0.385. The quantitative estimate of drug-likeness (QED) is 0.892. The van der Waals surface area contributed by atoms with Crippen LogP contribution in [0.15, 0.2) is 22.7 Å². The molecule has 1 heterocycles. The highest BCUT2D eigenvalue weighted by atomic mass is 79.9. The lowest BCUT2D eigenvalue weighted by Crippen LogP contribution is -2.18. The van der Waals surface area contributed by atoms with Crippen molar-refractivity contribution < 1.29 is 14.3 Å². The average molecular weight is 355 g/mol. The maximum atomic E-state index is 14.1. The summed E-state index contributed by atoms with van der Waals surface area (Å²) in [6, 6.07) is 4.26. The first-order valence-electron chi connectivity index (χ1n) is 6.51. The van der Waals surface area contributed by atoms with Crippen molar-refractivity contribution >= 4 is 21.9 Å². The van der Waals surface area contributed by atoms with Crippen LogP contribution in [0.25, 0.3) is 11.4 Å². The largest absolute Gasteiger partial charge is 0.481 e. The second kappa shape index (κ2) is 5.51. The van der Waals surface area contributed by atoms with Crippen LogP contribution >= 0.6 is 15.9 Å². The van der Waals surface area contributed by atoms with E-state index in [1.54, 1.807) is 12.1 Å². The molecule has 1 aliphatic rings. The van der Waals surface area contributed by atoms with E-state index >= 15 is 0 Å². The number of carboxylic acid groups (broad SMARTS) is 1. The van der Waals surface area contributed by atoms with Crippen LogP contribution in [0.5, 0.6) is 0 Å². The van der Waals surface area contributed by atoms with E-state index in [1.807, 2.05) is 0 Å². The van der Waals surface area contributed by atoms with Gasteiger partial charge in [-0.25, -0.2) is 9.07 Å². The molecule has 0 aliphatic heterocycles. The van der Waals surface area contributed by atoms with Gasteiger partial charge in [0.05, 0.1) is 18.0 Å². The normalized spacial score (nSPS) is 15.9. The van der Waals surface area contributed by atoms with Gasteiger partial charge in [-0.2, -0.15) is 0 Å². The van der Waals surface area contributed by atoms with Crippen molar-refractivity contribution in [2.24, 2.45) is 5.92 Å². The topological polar surface area (TPSA) is 80.9 Å². The molecule has 0 amide bonds. The highest BCUT2D eigenvalue weighted by molar-refractivity contribution is 9.10.